The molecular formula is C23H27ClN4O2S. The molecule has 3 aliphatic rings. The monoisotopic (exact) mass is 458 g/mol. The molecule has 31 heavy (non-hydrogen) atoms. The van der Waals surface area contributed by atoms with Crippen LogP contribution < -0.4 is 14.4 Å². The van der Waals surface area contributed by atoms with Gasteiger partial charge in [0.25, 0.3) is 0 Å². The molecule has 1 aromatic carbocycles. The van der Waals surface area contributed by atoms with Crippen molar-refractivity contribution in [2.45, 2.75) is 32.7 Å². The second-order valence-corrected chi connectivity index (χ2v) is 9.76. The Balaban J connectivity index is 0.00000204. The molecule has 0 amide bonds. The average molecular weight is 459 g/mol. The van der Waals surface area contributed by atoms with E-state index in [1.165, 1.54) is 45.5 Å². The first-order chi connectivity index (χ1) is 14.7. The van der Waals surface area contributed by atoms with Crippen molar-refractivity contribution in [3.05, 3.63) is 40.5 Å². The summed E-state index contributed by atoms with van der Waals surface area (Å²) >= 11 is 1.88. The van der Waals surface area contributed by atoms with Crippen molar-refractivity contribution in [1.29, 1.82) is 0 Å². The lowest BCUT2D eigenvalue weighted by molar-refractivity contribution is 0.174. The fourth-order valence-corrected chi connectivity index (χ4v) is 6.26. The van der Waals surface area contributed by atoms with Gasteiger partial charge >= 0.3 is 0 Å². The number of rotatable bonds is 3. The van der Waals surface area contributed by atoms with E-state index in [0.29, 0.717) is 6.79 Å². The molecule has 0 spiro atoms. The SMILES string of the molecule is CC1CCc2c(sc3ncnc(N4CCN(Cc5ccc6c(c5)OCO6)CC4)c23)C1.Cl. The molecule has 6 rings (SSSR count). The molecule has 1 aliphatic carbocycles. The molecule has 1 fully saturated rings. The lowest BCUT2D eigenvalue weighted by Crippen LogP contribution is -2.46. The third-order valence-electron chi connectivity index (χ3n) is 6.59. The summed E-state index contributed by atoms with van der Waals surface area (Å²) in [6.07, 6.45) is 5.39. The number of thiophene rings is 1. The van der Waals surface area contributed by atoms with E-state index < -0.39 is 0 Å². The fraction of sp³-hybridized carbons (Fsp3) is 0.478. The van der Waals surface area contributed by atoms with Crippen LogP contribution in [0.25, 0.3) is 10.2 Å². The van der Waals surface area contributed by atoms with E-state index in [1.807, 2.05) is 17.4 Å². The van der Waals surface area contributed by atoms with Crippen LogP contribution in [-0.4, -0.2) is 47.8 Å². The predicted octanol–water partition coefficient (Wildman–Crippen LogP) is 4.29. The summed E-state index contributed by atoms with van der Waals surface area (Å²) in [6, 6.07) is 6.28. The van der Waals surface area contributed by atoms with Crippen molar-refractivity contribution >= 4 is 39.8 Å². The fourth-order valence-electron chi connectivity index (χ4n) is 4.91. The summed E-state index contributed by atoms with van der Waals surface area (Å²) in [5, 5.41) is 1.33. The molecule has 4 heterocycles. The maximum Gasteiger partial charge on any atom is 0.231 e. The highest BCUT2D eigenvalue weighted by molar-refractivity contribution is 7.19. The van der Waals surface area contributed by atoms with Crippen molar-refractivity contribution in [2.75, 3.05) is 37.9 Å². The zero-order chi connectivity index (χ0) is 20.1. The smallest absolute Gasteiger partial charge is 0.231 e. The van der Waals surface area contributed by atoms with Crippen LogP contribution in [-0.2, 0) is 19.4 Å². The molecule has 3 aromatic rings. The van der Waals surface area contributed by atoms with Gasteiger partial charge in [-0.2, -0.15) is 0 Å². The van der Waals surface area contributed by atoms with E-state index in [-0.39, 0.29) is 12.4 Å². The zero-order valence-electron chi connectivity index (χ0n) is 17.7. The third-order valence-corrected chi connectivity index (χ3v) is 7.75. The number of hydrogen-bond acceptors (Lipinski definition) is 7. The maximum absolute atomic E-state index is 5.53. The van der Waals surface area contributed by atoms with Gasteiger partial charge in [-0.25, -0.2) is 9.97 Å². The number of benzene rings is 1. The normalized spacial score (nSPS) is 20.5. The highest BCUT2D eigenvalue weighted by atomic mass is 35.5. The highest BCUT2D eigenvalue weighted by Gasteiger charge is 2.26. The third kappa shape index (κ3) is 3.83. The minimum atomic E-state index is 0. The Morgan fingerprint density at radius 1 is 1.10 bits per heavy atom. The number of anilines is 1. The summed E-state index contributed by atoms with van der Waals surface area (Å²) < 4.78 is 11.0. The Morgan fingerprint density at radius 2 is 1.94 bits per heavy atom. The quantitative estimate of drug-likeness (QED) is 0.583. The molecule has 164 valence electrons. The van der Waals surface area contributed by atoms with Gasteiger partial charge < -0.3 is 14.4 Å². The van der Waals surface area contributed by atoms with Gasteiger partial charge in [0.2, 0.25) is 6.79 Å². The topological polar surface area (TPSA) is 50.7 Å². The summed E-state index contributed by atoms with van der Waals surface area (Å²) in [6.45, 7) is 7.69. The first-order valence-corrected chi connectivity index (χ1v) is 11.7. The Hall–Kier alpha value is -2.09. The first-order valence-electron chi connectivity index (χ1n) is 10.9. The summed E-state index contributed by atoms with van der Waals surface area (Å²) in [4.78, 5) is 17.0. The second kappa shape index (κ2) is 8.45. The summed E-state index contributed by atoms with van der Waals surface area (Å²) in [5.41, 5.74) is 2.80. The van der Waals surface area contributed by atoms with Crippen LogP contribution in [0.5, 0.6) is 11.5 Å². The van der Waals surface area contributed by atoms with Crippen molar-refractivity contribution < 1.29 is 9.47 Å². The molecule has 0 bridgehead atoms. The standard InChI is InChI=1S/C23H26N4O2S.ClH/c1-15-2-4-17-20(10-15)30-23-21(17)22(24-13-25-23)27-8-6-26(7-9-27)12-16-3-5-18-19(11-16)29-14-28-18;/h3,5,11,13,15H,2,4,6-10,12,14H2,1H3;1H. The van der Waals surface area contributed by atoms with E-state index >= 15 is 0 Å². The highest BCUT2D eigenvalue weighted by Crippen LogP contribution is 2.40. The molecule has 6 nitrogen and oxygen atoms in total. The van der Waals surface area contributed by atoms with E-state index in [1.54, 1.807) is 6.33 Å². The van der Waals surface area contributed by atoms with Crippen LogP contribution in [0.1, 0.15) is 29.3 Å². The van der Waals surface area contributed by atoms with Gasteiger partial charge in [-0.3, -0.25) is 4.90 Å². The van der Waals surface area contributed by atoms with Crippen LogP contribution in [0.2, 0.25) is 0 Å². The molecule has 0 radical (unpaired) electrons. The van der Waals surface area contributed by atoms with Gasteiger partial charge in [0.15, 0.2) is 11.5 Å². The molecule has 1 atom stereocenters. The Morgan fingerprint density at radius 3 is 2.81 bits per heavy atom. The maximum atomic E-state index is 5.53. The summed E-state index contributed by atoms with van der Waals surface area (Å²) in [7, 11) is 0. The molecule has 1 unspecified atom stereocenters. The largest absolute Gasteiger partial charge is 0.454 e. The first kappa shape index (κ1) is 20.8. The number of fused-ring (bicyclic) bond motifs is 4. The van der Waals surface area contributed by atoms with Gasteiger partial charge in [0.05, 0.1) is 5.39 Å². The van der Waals surface area contributed by atoms with Gasteiger partial charge in [0, 0.05) is 37.6 Å². The average Bonchev–Trinajstić information content (AvgIpc) is 3.37. The lowest BCUT2D eigenvalue weighted by Gasteiger charge is -2.35. The second-order valence-electron chi connectivity index (χ2n) is 8.68. The van der Waals surface area contributed by atoms with E-state index in [0.717, 1.165) is 56.0 Å². The molecule has 2 aliphatic heterocycles. The Kier molecular flexibility index (Phi) is 5.67. The van der Waals surface area contributed by atoms with Gasteiger partial charge in [-0.15, -0.1) is 23.7 Å². The van der Waals surface area contributed by atoms with Crippen LogP contribution in [0.4, 0.5) is 5.82 Å². The number of hydrogen-bond donors (Lipinski definition) is 0. The van der Waals surface area contributed by atoms with Crippen LogP contribution in [0.3, 0.4) is 0 Å². The Labute approximate surface area is 192 Å². The zero-order valence-corrected chi connectivity index (χ0v) is 19.3. The lowest BCUT2D eigenvalue weighted by atomic mass is 9.89. The predicted molar refractivity (Wildman–Crippen MR) is 126 cm³/mol. The number of aromatic nitrogens is 2. The minimum absolute atomic E-state index is 0. The van der Waals surface area contributed by atoms with Crippen molar-refractivity contribution in [1.82, 2.24) is 14.9 Å². The summed E-state index contributed by atoms with van der Waals surface area (Å²) in [5.74, 6) is 3.65. The van der Waals surface area contributed by atoms with Gasteiger partial charge in [-0.1, -0.05) is 13.0 Å². The van der Waals surface area contributed by atoms with Gasteiger partial charge in [-0.05, 0) is 48.4 Å². The van der Waals surface area contributed by atoms with Crippen molar-refractivity contribution in [3.63, 3.8) is 0 Å². The Bertz CT molecular complexity index is 1100. The molecule has 1 saturated heterocycles. The minimum Gasteiger partial charge on any atom is -0.454 e. The number of piperazine rings is 1. The number of halogens is 1. The van der Waals surface area contributed by atoms with E-state index in [9.17, 15) is 0 Å². The van der Waals surface area contributed by atoms with Crippen LogP contribution in [0, 0.1) is 5.92 Å². The van der Waals surface area contributed by atoms with E-state index in [2.05, 4.69) is 33.8 Å². The van der Waals surface area contributed by atoms with E-state index in [4.69, 9.17) is 14.5 Å². The van der Waals surface area contributed by atoms with Crippen LogP contribution in [0.15, 0.2) is 24.5 Å². The number of nitrogens with zero attached hydrogens (tertiary/aromatic N) is 4. The molecule has 0 saturated carbocycles. The molecular weight excluding hydrogens is 432 g/mol. The molecule has 0 N–H and O–H groups in total. The number of ether oxygens (including phenoxy) is 2. The van der Waals surface area contributed by atoms with Crippen molar-refractivity contribution in [3.8, 4) is 11.5 Å². The van der Waals surface area contributed by atoms with Crippen molar-refractivity contribution in [2.24, 2.45) is 5.92 Å². The number of aryl methyl sites for hydroxylation is 1. The molecule has 8 heteroatoms. The molecule has 2 aromatic heterocycles. The van der Waals surface area contributed by atoms with Crippen LogP contribution >= 0.6 is 23.7 Å². The van der Waals surface area contributed by atoms with Gasteiger partial charge in [0.1, 0.15) is 17.0 Å².